The molecule has 140 valence electrons. The Labute approximate surface area is 160 Å². The lowest BCUT2D eigenvalue weighted by molar-refractivity contribution is -0.122. The van der Waals surface area contributed by atoms with Gasteiger partial charge in [0.2, 0.25) is 5.91 Å². The molecule has 0 bridgehead atoms. The van der Waals surface area contributed by atoms with Crippen molar-refractivity contribution in [2.75, 3.05) is 37.4 Å². The van der Waals surface area contributed by atoms with Crippen LogP contribution in [-0.4, -0.2) is 43.1 Å². The Bertz CT molecular complexity index is 837. The van der Waals surface area contributed by atoms with Crippen LogP contribution in [0.1, 0.15) is 18.4 Å². The Kier molecular flexibility index (Phi) is 4.86. The first kappa shape index (κ1) is 17.6. The van der Waals surface area contributed by atoms with Gasteiger partial charge in [0.25, 0.3) is 0 Å². The number of fused-ring (bicyclic) bond motifs is 1. The lowest BCUT2D eigenvalue weighted by atomic mass is 9.84. The van der Waals surface area contributed by atoms with Gasteiger partial charge in [0.15, 0.2) is 0 Å². The summed E-state index contributed by atoms with van der Waals surface area (Å²) in [5, 5.41) is 6.57. The zero-order valence-corrected chi connectivity index (χ0v) is 15.6. The smallest absolute Gasteiger partial charge is 0.250 e. The van der Waals surface area contributed by atoms with Gasteiger partial charge in [-0.2, -0.15) is 0 Å². The first-order chi connectivity index (χ1) is 13.2. The molecule has 0 aromatic heterocycles. The summed E-state index contributed by atoms with van der Waals surface area (Å²) in [6.07, 6.45) is 5.93. The van der Waals surface area contributed by atoms with E-state index >= 15 is 0 Å². The number of piperidine rings is 1. The summed E-state index contributed by atoms with van der Waals surface area (Å²) in [5.74, 6) is 0.961. The zero-order chi connectivity index (χ0) is 18.7. The van der Waals surface area contributed by atoms with Gasteiger partial charge in [0.1, 0.15) is 11.3 Å². The predicted molar refractivity (Wildman–Crippen MR) is 109 cm³/mol. The van der Waals surface area contributed by atoms with Crippen LogP contribution in [-0.2, 0) is 4.79 Å². The van der Waals surface area contributed by atoms with Crippen molar-refractivity contribution in [2.45, 2.75) is 18.4 Å². The molecule has 1 fully saturated rings. The van der Waals surface area contributed by atoms with Crippen molar-refractivity contribution in [3.8, 4) is 5.75 Å². The van der Waals surface area contributed by atoms with E-state index in [1.165, 1.54) is 0 Å². The number of ether oxygens (including phenoxy) is 1. The summed E-state index contributed by atoms with van der Waals surface area (Å²) in [7, 11) is 1.67. The van der Waals surface area contributed by atoms with Crippen LogP contribution in [0.4, 0.5) is 11.4 Å². The highest BCUT2D eigenvalue weighted by Crippen LogP contribution is 2.36. The molecule has 0 saturated carbocycles. The van der Waals surface area contributed by atoms with Crippen LogP contribution in [0, 0.1) is 0 Å². The van der Waals surface area contributed by atoms with Crippen LogP contribution >= 0.6 is 0 Å². The van der Waals surface area contributed by atoms with Gasteiger partial charge >= 0.3 is 0 Å². The molecule has 0 aliphatic carbocycles. The van der Waals surface area contributed by atoms with Crippen molar-refractivity contribution in [2.24, 2.45) is 0 Å². The Hall–Kier alpha value is -2.79. The number of carbonyl (C=O) groups excluding carboxylic acids is 1. The molecular weight excluding hydrogens is 338 g/mol. The number of amides is 1. The standard InChI is InChI=1S/C22H25N3O2/c1-27-18-10-8-17(9-11-18)5-4-14-25-15-12-22(13-16-25)21(26)23-19-6-2-3-7-20(19)24-22/h2-11,24H,12-16H2,1H3,(H,23,26). The van der Waals surface area contributed by atoms with E-state index in [0.717, 1.165) is 55.2 Å². The van der Waals surface area contributed by atoms with Gasteiger partial charge in [-0.05, 0) is 42.7 Å². The molecule has 27 heavy (non-hydrogen) atoms. The third-order valence-corrected chi connectivity index (χ3v) is 5.48. The number of hydrogen-bond acceptors (Lipinski definition) is 4. The summed E-state index contributed by atoms with van der Waals surface area (Å²) < 4.78 is 5.18. The minimum atomic E-state index is -0.482. The normalized spacial score (nSPS) is 18.8. The molecule has 0 radical (unpaired) electrons. The van der Waals surface area contributed by atoms with E-state index in [0.29, 0.717) is 0 Å². The SMILES string of the molecule is COc1ccc(C=CCN2CCC3(CC2)Nc2ccccc2NC3=O)cc1. The summed E-state index contributed by atoms with van der Waals surface area (Å²) in [6, 6.07) is 15.9. The third-order valence-electron chi connectivity index (χ3n) is 5.48. The van der Waals surface area contributed by atoms with Gasteiger partial charge in [-0.25, -0.2) is 0 Å². The largest absolute Gasteiger partial charge is 0.497 e. The minimum absolute atomic E-state index is 0.0922. The Morgan fingerprint density at radius 1 is 1.07 bits per heavy atom. The van der Waals surface area contributed by atoms with Crippen molar-refractivity contribution < 1.29 is 9.53 Å². The average Bonchev–Trinajstić information content (AvgIpc) is 2.71. The molecule has 2 N–H and O–H groups in total. The monoisotopic (exact) mass is 363 g/mol. The number of nitrogens with one attached hydrogen (secondary N) is 2. The molecule has 2 aromatic rings. The maximum absolute atomic E-state index is 12.7. The molecule has 5 heteroatoms. The lowest BCUT2D eigenvalue weighted by Gasteiger charge is -2.44. The molecule has 4 rings (SSSR count). The van der Waals surface area contributed by atoms with Crippen molar-refractivity contribution in [1.82, 2.24) is 4.90 Å². The summed E-state index contributed by atoms with van der Waals surface area (Å²) in [5.41, 5.74) is 2.57. The van der Waals surface area contributed by atoms with Gasteiger partial charge in [0, 0.05) is 19.6 Å². The second kappa shape index (κ2) is 7.45. The first-order valence-corrected chi connectivity index (χ1v) is 9.40. The van der Waals surface area contributed by atoms with Crippen LogP contribution < -0.4 is 15.4 Å². The highest BCUT2D eigenvalue weighted by molar-refractivity contribution is 6.06. The number of anilines is 2. The van der Waals surface area contributed by atoms with Gasteiger partial charge in [-0.15, -0.1) is 0 Å². The zero-order valence-electron chi connectivity index (χ0n) is 15.6. The fraction of sp³-hybridized carbons (Fsp3) is 0.318. The van der Waals surface area contributed by atoms with Crippen LogP contribution in [0.2, 0.25) is 0 Å². The molecule has 2 aromatic carbocycles. The molecule has 2 heterocycles. The number of likely N-dealkylation sites (tertiary alicyclic amines) is 1. The van der Waals surface area contributed by atoms with Crippen LogP contribution in [0.5, 0.6) is 5.75 Å². The molecule has 1 spiro atoms. The summed E-state index contributed by atoms with van der Waals surface area (Å²) >= 11 is 0. The van der Waals surface area contributed by atoms with E-state index in [2.05, 4.69) is 27.7 Å². The van der Waals surface area contributed by atoms with E-state index in [9.17, 15) is 4.79 Å². The van der Waals surface area contributed by atoms with Crippen LogP contribution in [0.25, 0.3) is 6.08 Å². The molecule has 5 nitrogen and oxygen atoms in total. The second-order valence-corrected chi connectivity index (χ2v) is 7.18. The fourth-order valence-electron chi connectivity index (χ4n) is 3.78. The first-order valence-electron chi connectivity index (χ1n) is 9.40. The number of benzene rings is 2. The highest BCUT2D eigenvalue weighted by Gasteiger charge is 2.43. The molecule has 0 atom stereocenters. The van der Waals surface area contributed by atoms with Crippen molar-refractivity contribution in [3.05, 3.63) is 60.2 Å². The van der Waals surface area contributed by atoms with Crippen LogP contribution in [0.3, 0.4) is 0 Å². The van der Waals surface area contributed by atoms with Gasteiger partial charge in [-0.3, -0.25) is 9.69 Å². The van der Waals surface area contributed by atoms with Crippen molar-refractivity contribution in [1.29, 1.82) is 0 Å². The summed E-state index contributed by atoms with van der Waals surface area (Å²) in [4.78, 5) is 15.1. The lowest BCUT2D eigenvalue weighted by Crippen LogP contribution is -2.58. The van der Waals surface area contributed by atoms with E-state index in [1.54, 1.807) is 7.11 Å². The van der Waals surface area contributed by atoms with Crippen molar-refractivity contribution in [3.63, 3.8) is 0 Å². The number of rotatable bonds is 4. The highest BCUT2D eigenvalue weighted by atomic mass is 16.5. The molecular formula is C22H25N3O2. The van der Waals surface area contributed by atoms with Gasteiger partial charge in [0.05, 0.1) is 18.5 Å². The average molecular weight is 363 g/mol. The molecule has 1 saturated heterocycles. The number of nitrogens with zero attached hydrogens (tertiary/aromatic N) is 1. The quantitative estimate of drug-likeness (QED) is 0.871. The maximum atomic E-state index is 12.7. The van der Waals surface area contributed by atoms with E-state index in [4.69, 9.17) is 4.74 Å². The van der Waals surface area contributed by atoms with Crippen LogP contribution in [0.15, 0.2) is 54.6 Å². The predicted octanol–water partition coefficient (Wildman–Crippen LogP) is 3.61. The molecule has 0 unspecified atom stereocenters. The molecule has 2 aliphatic heterocycles. The third kappa shape index (κ3) is 3.69. The maximum Gasteiger partial charge on any atom is 0.250 e. The number of para-hydroxylation sites is 2. The minimum Gasteiger partial charge on any atom is -0.497 e. The van der Waals surface area contributed by atoms with E-state index in [-0.39, 0.29) is 5.91 Å². The fourth-order valence-corrected chi connectivity index (χ4v) is 3.78. The molecule has 2 aliphatic rings. The van der Waals surface area contributed by atoms with Gasteiger partial charge in [-0.1, -0.05) is 36.4 Å². The van der Waals surface area contributed by atoms with E-state index in [1.807, 2.05) is 48.5 Å². The van der Waals surface area contributed by atoms with Crippen molar-refractivity contribution >= 4 is 23.4 Å². The van der Waals surface area contributed by atoms with Gasteiger partial charge < -0.3 is 15.4 Å². The Balaban J connectivity index is 1.33. The topological polar surface area (TPSA) is 53.6 Å². The second-order valence-electron chi connectivity index (χ2n) is 7.18. The molecule has 1 amide bonds. The van der Waals surface area contributed by atoms with E-state index < -0.39 is 5.54 Å². The number of carbonyl (C=O) groups is 1. The Morgan fingerprint density at radius 3 is 2.48 bits per heavy atom. The summed E-state index contributed by atoms with van der Waals surface area (Å²) in [6.45, 7) is 2.69. The number of methoxy groups -OCH3 is 1. The number of hydrogen-bond donors (Lipinski definition) is 2. The Morgan fingerprint density at radius 2 is 1.78 bits per heavy atom.